The number of nitrogens with two attached hydrogens (primary N) is 1. The summed E-state index contributed by atoms with van der Waals surface area (Å²) in [6.07, 6.45) is 1.95. The van der Waals surface area contributed by atoms with Gasteiger partial charge in [0, 0.05) is 18.3 Å². The normalized spacial score (nSPS) is 11.7. The van der Waals surface area contributed by atoms with Gasteiger partial charge in [0.1, 0.15) is 0 Å². The molecule has 0 aromatic carbocycles. The van der Waals surface area contributed by atoms with Crippen molar-refractivity contribution in [3.63, 3.8) is 0 Å². The number of hydrogen-bond acceptors (Lipinski definition) is 5. The zero-order valence-electron chi connectivity index (χ0n) is 12.7. The summed E-state index contributed by atoms with van der Waals surface area (Å²) in [6.45, 7) is 10.7. The lowest BCUT2D eigenvalue weighted by atomic mass is 9.93. The fraction of sp³-hybridized carbons (Fsp3) is 0.714. The molecule has 0 aliphatic heterocycles. The summed E-state index contributed by atoms with van der Waals surface area (Å²) in [7, 11) is 0. The topological polar surface area (TPSA) is 73.1 Å². The highest BCUT2D eigenvalue weighted by molar-refractivity contribution is 5.34. The number of rotatable bonds is 7. The number of nitrogens with one attached hydrogen (secondary N) is 1. The van der Waals surface area contributed by atoms with E-state index in [1.807, 2.05) is 26.8 Å². The number of hydrogen-bond donors (Lipinski definition) is 2. The molecule has 1 aromatic rings. The van der Waals surface area contributed by atoms with Gasteiger partial charge < -0.3 is 15.8 Å². The zero-order chi connectivity index (χ0) is 14.5. The van der Waals surface area contributed by atoms with E-state index < -0.39 is 0 Å². The molecular weight excluding hydrogens is 240 g/mol. The molecule has 0 aliphatic carbocycles. The maximum atomic E-state index is 5.88. The van der Waals surface area contributed by atoms with Gasteiger partial charge in [-0.05, 0) is 33.6 Å². The largest absolute Gasteiger partial charge is 0.475 e. The first-order valence-electron chi connectivity index (χ1n) is 6.95. The molecular formula is C14H26N4O. The second kappa shape index (κ2) is 6.70. The molecule has 0 amide bonds. The van der Waals surface area contributed by atoms with Gasteiger partial charge in [0.05, 0.1) is 11.6 Å². The standard InChI is InChI=1S/C14H26N4O/c1-6-14(7-2,9-15)18-13-16-11(5)8-12(17-13)19-10(3)4/h8,10H,6-7,9,15H2,1-5H3,(H,16,17,18). The highest BCUT2D eigenvalue weighted by Crippen LogP contribution is 2.21. The van der Waals surface area contributed by atoms with Crippen LogP contribution < -0.4 is 15.8 Å². The van der Waals surface area contributed by atoms with Gasteiger partial charge in [-0.25, -0.2) is 4.98 Å². The van der Waals surface area contributed by atoms with E-state index in [2.05, 4.69) is 29.1 Å². The number of anilines is 1. The predicted molar refractivity (Wildman–Crippen MR) is 78.5 cm³/mol. The predicted octanol–water partition coefficient (Wildman–Crippen LogP) is 2.50. The van der Waals surface area contributed by atoms with Gasteiger partial charge >= 0.3 is 0 Å². The SMILES string of the molecule is CCC(CC)(CN)Nc1nc(C)cc(OC(C)C)n1. The summed E-state index contributed by atoms with van der Waals surface area (Å²) in [6, 6.07) is 1.84. The first-order valence-corrected chi connectivity index (χ1v) is 6.95. The lowest BCUT2D eigenvalue weighted by molar-refractivity contribution is 0.232. The van der Waals surface area contributed by atoms with E-state index in [9.17, 15) is 0 Å². The molecule has 0 unspecified atom stereocenters. The van der Waals surface area contributed by atoms with Crippen LogP contribution in [0.1, 0.15) is 46.2 Å². The van der Waals surface area contributed by atoms with Gasteiger partial charge in [-0.15, -0.1) is 0 Å². The van der Waals surface area contributed by atoms with Crippen molar-refractivity contribution in [1.29, 1.82) is 0 Å². The molecule has 3 N–H and O–H groups in total. The van der Waals surface area contributed by atoms with E-state index in [0.717, 1.165) is 18.5 Å². The van der Waals surface area contributed by atoms with E-state index in [1.54, 1.807) is 0 Å². The Labute approximate surface area is 116 Å². The number of aryl methyl sites for hydroxylation is 1. The van der Waals surface area contributed by atoms with Crippen LogP contribution in [0.5, 0.6) is 5.88 Å². The van der Waals surface area contributed by atoms with Crippen molar-refractivity contribution in [3.05, 3.63) is 11.8 Å². The molecule has 0 saturated carbocycles. The Morgan fingerprint density at radius 2 is 1.95 bits per heavy atom. The van der Waals surface area contributed by atoms with Crippen molar-refractivity contribution in [2.75, 3.05) is 11.9 Å². The van der Waals surface area contributed by atoms with Crippen molar-refractivity contribution >= 4 is 5.95 Å². The van der Waals surface area contributed by atoms with E-state index in [0.29, 0.717) is 18.4 Å². The highest BCUT2D eigenvalue weighted by Gasteiger charge is 2.25. The third-order valence-electron chi connectivity index (χ3n) is 3.31. The van der Waals surface area contributed by atoms with Crippen LogP contribution in [0.3, 0.4) is 0 Å². The summed E-state index contributed by atoms with van der Waals surface area (Å²) >= 11 is 0. The van der Waals surface area contributed by atoms with Crippen LogP contribution >= 0.6 is 0 Å². The third-order valence-corrected chi connectivity index (χ3v) is 3.31. The van der Waals surface area contributed by atoms with Gasteiger partial charge in [-0.3, -0.25) is 0 Å². The van der Waals surface area contributed by atoms with Gasteiger partial charge in [0.25, 0.3) is 0 Å². The molecule has 0 bridgehead atoms. The summed E-state index contributed by atoms with van der Waals surface area (Å²) in [4.78, 5) is 8.81. The van der Waals surface area contributed by atoms with Crippen LogP contribution in [0.25, 0.3) is 0 Å². The van der Waals surface area contributed by atoms with Crippen LogP contribution in [0.4, 0.5) is 5.95 Å². The van der Waals surface area contributed by atoms with Crippen LogP contribution in [0.2, 0.25) is 0 Å². The van der Waals surface area contributed by atoms with Gasteiger partial charge in [0.15, 0.2) is 0 Å². The smallest absolute Gasteiger partial charge is 0.226 e. The summed E-state index contributed by atoms with van der Waals surface area (Å²) in [5, 5.41) is 3.37. The Morgan fingerprint density at radius 1 is 1.32 bits per heavy atom. The average Bonchev–Trinajstić information content (AvgIpc) is 2.34. The lowest BCUT2D eigenvalue weighted by Crippen LogP contribution is -2.44. The third kappa shape index (κ3) is 4.35. The van der Waals surface area contributed by atoms with E-state index in [1.165, 1.54) is 0 Å². The minimum Gasteiger partial charge on any atom is -0.475 e. The van der Waals surface area contributed by atoms with Crippen LogP contribution in [0.15, 0.2) is 6.07 Å². The molecule has 1 rings (SSSR count). The van der Waals surface area contributed by atoms with Crippen LogP contribution in [-0.4, -0.2) is 28.2 Å². The molecule has 0 radical (unpaired) electrons. The minimum atomic E-state index is -0.150. The van der Waals surface area contributed by atoms with Crippen molar-refractivity contribution in [2.45, 2.75) is 59.1 Å². The van der Waals surface area contributed by atoms with Crippen molar-refractivity contribution in [1.82, 2.24) is 9.97 Å². The van der Waals surface area contributed by atoms with Crippen molar-refractivity contribution in [2.24, 2.45) is 5.73 Å². The van der Waals surface area contributed by atoms with Crippen LogP contribution in [-0.2, 0) is 0 Å². The Kier molecular flexibility index (Phi) is 5.54. The maximum absolute atomic E-state index is 5.88. The number of aromatic nitrogens is 2. The number of nitrogens with zero attached hydrogens (tertiary/aromatic N) is 2. The van der Waals surface area contributed by atoms with E-state index in [4.69, 9.17) is 10.5 Å². The molecule has 1 heterocycles. The molecule has 108 valence electrons. The molecule has 19 heavy (non-hydrogen) atoms. The van der Waals surface area contributed by atoms with Crippen molar-refractivity contribution < 1.29 is 4.74 Å². The Bertz CT molecular complexity index is 394. The number of ether oxygens (including phenoxy) is 1. The van der Waals surface area contributed by atoms with Gasteiger partial charge in [-0.1, -0.05) is 13.8 Å². The molecule has 1 aromatic heterocycles. The average molecular weight is 266 g/mol. The molecule has 0 atom stereocenters. The molecule has 0 fully saturated rings. The molecule has 5 heteroatoms. The molecule has 0 spiro atoms. The fourth-order valence-electron chi connectivity index (χ4n) is 1.90. The maximum Gasteiger partial charge on any atom is 0.226 e. The summed E-state index contributed by atoms with van der Waals surface area (Å²) in [5.41, 5.74) is 6.62. The van der Waals surface area contributed by atoms with Gasteiger partial charge in [0.2, 0.25) is 11.8 Å². The quantitative estimate of drug-likeness (QED) is 0.793. The van der Waals surface area contributed by atoms with Crippen molar-refractivity contribution in [3.8, 4) is 5.88 Å². The monoisotopic (exact) mass is 266 g/mol. The Hall–Kier alpha value is -1.36. The molecule has 0 saturated heterocycles. The minimum absolute atomic E-state index is 0.0961. The van der Waals surface area contributed by atoms with E-state index >= 15 is 0 Å². The Balaban J connectivity index is 2.97. The molecule has 0 aliphatic rings. The Morgan fingerprint density at radius 3 is 2.42 bits per heavy atom. The second-order valence-corrected chi connectivity index (χ2v) is 5.15. The second-order valence-electron chi connectivity index (χ2n) is 5.15. The first-order chi connectivity index (χ1) is 8.94. The lowest BCUT2D eigenvalue weighted by Gasteiger charge is -2.31. The summed E-state index contributed by atoms with van der Waals surface area (Å²) < 4.78 is 5.63. The zero-order valence-corrected chi connectivity index (χ0v) is 12.7. The van der Waals surface area contributed by atoms with E-state index in [-0.39, 0.29) is 11.6 Å². The summed E-state index contributed by atoms with van der Waals surface area (Å²) in [5.74, 6) is 1.19. The molecule has 5 nitrogen and oxygen atoms in total. The first kappa shape index (κ1) is 15.7. The highest BCUT2D eigenvalue weighted by atomic mass is 16.5. The fourth-order valence-corrected chi connectivity index (χ4v) is 1.90. The van der Waals surface area contributed by atoms with Gasteiger partial charge in [-0.2, -0.15) is 4.98 Å². The van der Waals surface area contributed by atoms with Crippen LogP contribution in [0, 0.1) is 6.92 Å².